The van der Waals surface area contributed by atoms with E-state index in [0.29, 0.717) is 22.2 Å². The topological polar surface area (TPSA) is 30.5 Å². The Morgan fingerprint density at radius 2 is 1.76 bits per heavy atom. The number of anilines is 1. The molecule has 3 rings (SSSR count). The second-order valence-corrected chi connectivity index (χ2v) is 6.75. The normalized spacial score (nSPS) is 23.5. The number of methoxy groups -OCH3 is 2. The van der Waals surface area contributed by atoms with Crippen molar-refractivity contribution in [1.82, 2.24) is 0 Å². The molecule has 0 bridgehead atoms. The fourth-order valence-electron chi connectivity index (χ4n) is 3.94. The van der Waals surface area contributed by atoms with E-state index in [4.69, 9.17) is 21.1 Å². The molecule has 1 spiro atoms. The summed E-state index contributed by atoms with van der Waals surface area (Å²) in [4.78, 5) is 0. The maximum atomic E-state index is 6.26. The molecular formula is C17H24ClNO2. The molecule has 1 unspecified atom stereocenters. The highest BCUT2D eigenvalue weighted by atomic mass is 35.5. The van der Waals surface area contributed by atoms with Gasteiger partial charge in [0.2, 0.25) is 0 Å². The smallest absolute Gasteiger partial charge is 0.145 e. The Balaban J connectivity index is 1.79. The van der Waals surface area contributed by atoms with Gasteiger partial charge in [-0.1, -0.05) is 30.9 Å². The summed E-state index contributed by atoms with van der Waals surface area (Å²) < 4.78 is 10.7. The molecule has 1 aromatic carbocycles. The van der Waals surface area contributed by atoms with Gasteiger partial charge < -0.3 is 14.8 Å². The van der Waals surface area contributed by atoms with Gasteiger partial charge in [0.05, 0.1) is 24.9 Å². The van der Waals surface area contributed by atoms with E-state index in [1.807, 2.05) is 12.1 Å². The molecule has 2 aliphatic carbocycles. The van der Waals surface area contributed by atoms with Crippen molar-refractivity contribution >= 4 is 17.3 Å². The van der Waals surface area contributed by atoms with Gasteiger partial charge >= 0.3 is 0 Å². The molecule has 1 N–H and O–H groups in total. The van der Waals surface area contributed by atoms with Crippen molar-refractivity contribution in [2.75, 3.05) is 19.5 Å². The molecule has 21 heavy (non-hydrogen) atoms. The average Bonchev–Trinajstić information content (AvgIpc) is 2.52. The van der Waals surface area contributed by atoms with Crippen molar-refractivity contribution in [3.8, 4) is 11.5 Å². The maximum Gasteiger partial charge on any atom is 0.145 e. The lowest BCUT2D eigenvalue weighted by Gasteiger charge is -2.52. The Bertz CT molecular complexity index is 512. The minimum absolute atomic E-state index is 0.510. The van der Waals surface area contributed by atoms with Crippen LogP contribution >= 0.6 is 11.6 Å². The zero-order valence-corrected chi connectivity index (χ0v) is 13.6. The predicted octanol–water partition coefficient (Wildman–Crippen LogP) is 4.88. The van der Waals surface area contributed by atoms with Crippen molar-refractivity contribution in [2.45, 2.75) is 51.0 Å². The standard InChI is InChI=1S/C17H24ClNO2/c1-20-14-11-15(21-2)13(10-12(14)18)19-16-6-9-17(16)7-4-3-5-8-17/h10-11,16,19H,3-9H2,1-2H3. The Labute approximate surface area is 132 Å². The first-order valence-electron chi connectivity index (χ1n) is 7.86. The molecule has 4 heteroatoms. The summed E-state index contributed by atoms with van der Waals surface area (Å²) in [6.45, 7) is 0. The summed E-state index contributed by atoms with van der Waals surface area (Å²) in [7, 11) is 3.31. The van der Waals surface area contributed by atoms with Gasteiger partial charge in [0, 0.05) is 12.1 Å². The lowest BCUT2D eigenvalue weighted by atomic mass is 9.57. The van der Waals surface area contributed by atoms with Crippen LogP contribution in [0.5, 0.6) is 11.5 Å². The summed E-state index contributed by atoms with van der Waals surface area (Å²) in [6.07, 6.45) is 9.46. The molecule has 0 aliphatic heterocycles. The number of hydrogen-bond acceptors (Lipinski definition) is 3. The highest BCUT2D eigenvalue weighted by molar-refractivity contribution is 6.32. The van der Waals surface area contributed by atoms with Crippen molar-refractivity contribution in [3.63, 3.8) is 0 Å². The van der Waals surface area contributed by atoms with Crippen LogP contribution in [0, 0.1) is 5.41 Å². The lowest BCUT2D eigenvalue weighted by molar-refractivity contribution is 0.0570. The summed E-state index contributed by atoms with van der Waals surface area (Å²) in [5.41, 5.74) is 1.49. The van der Waals surface area contributed by atoms with E-state index in [1.54, 1.807) is 14.2 Å². The zero-order chi connectivity index (χ0) is 14.9. The molecular weight excluding hydrogens is 286 g/mol. The monoisotopic (exact) mass is 309 g/mol. The molecule has 116 valence electrons. The van der Waals surface area contributed by atoms with Crippen LogP contribution in [0.1, 0.15) is 44.9 Å². The molecule has 0 radical (unpaired) electrons. The molecule has 3 nitrogen and oxygen atoms in total. The lowest BCUT2D eigenvalue weighted by Crippen LogP contribution is -2.50. The number of ether oxygens (including phenoxy) is 2. The summed E-state index contributed by atoms with van der Waals surface area (Å²) in [6, 6.07) is 4.33. The molecule has 2 aliphatic rings. The minimum atomic E-state index is 0.510. The summed E-state index contributed by atoms with van der Waals surface area (Å²) in [5, 5.41) is 4.31. The number of halogens is 1. The minimum Gasteiger partial charge on any atom is -0.495 e. The van der Waals surface area contributed by atoms with Crippen LogP contribution in [0.25, 0.3) is 0 Å². The van der Waals surface area contributed by atoms with Gasteiger partial charge in [-0.15, -0.1) is 0 Å². The van der Waals surface area contributed by atoms with Crippen molar-refractivity contribution in [3.05, 3.63) is 17.2 Å². The molecule has 1 aromatic rings. The fourth-order valence-corrected chi connectivity index (χ4v) is 4.18. The van der Waals surface area contributed by atoms with Gasteiger partial charge in [0.1, 0.15) is 11.5 Å². The van der Waals surface area contributed by atoms with Gasteiger partial charge in [-0.05, 0) is 37.2 Å². The molecule has 0 amide bonds. The molecule has 1 atom stereocenters. The molecule has 2 saturated carbocycles. The van der Waals surface area contributed by atoms with Crippen molar-refractivity contribution < 1.29 is 9.47 Å². The Morgan fingerprint density at radius 3 is 2.33 bits per heavy atom. The van der Waals surface area contributed by atoms with Gasteiger partial charge in [-0.2, -0.15) is 0 Å². The number of hydrogen-bond donors (Lipinski definition) is 1. The SMILES string of the molecule is COc1cc(OC)c(NC2CCC23CCCCC3)cc1Cl. The molecule has 2 fully saturated rings. The van der Waals surface area contributed by atoms with Crippen LogP contribution in [0.3, 0.4) is 0 Å². The van der Waals surface area contributed by atoms with E-state index < -0.39 is 0 Å². The first-order valence-corrected chi connectivity index (χ1v) is 8.24. The molecule has 0 saturated heterocycles. The third-order valence-electron chi connectivity index (χ3n) is 5.32. The maximum absolute atomic E-state index is 6.26. The van der Waals surface area contributed by atoms with Crippen molar-refractivity contribution in [1.29, 1.82) is 0 Å². The molecule has 0 heterocycles. The van der Waals surface area contributed by atoms with E-state index in [0.717, 1.165) is 11.4 Å². The van der Waals surface area contributed by atoms with E-state index >= 15 is 0 Å². The van der Waals surface area contributed by atoms with Crippen molar-refractivity contribution in [2.24, 2.45) is 5.41 Å². The van der Waals surface area contributed by atoms with Gasteiger partial charge in [-0.25, -0.2) is 0 Å². The van der Waals surface area contributed by atoms with E-state index in [1.165, 1.54) is 44.9 Å². The summed E-state index contributed by atoms with van der Waals surface area (Å²) in [5.74, 6) is 1.45. The predicted molar refractivity (Wildman–Crippen MR) is 86.7 cm³/mol. The van der Waals surface area contributed by atoms with Gasteiger partial charge in [0.15, 0.2) is 0 Å². The number of nitrogens with one attached hydrogen (secondary N) is 1. The van der Waals surface area contributed by atoms with E-state index in [9.17, 15) is 0 Å². The van der Waals surface area contributed by atoms with Crippen LogP contribution in [0.2, 0.25) is 5.02 Å². The highest BCUT2D eigenvalue weighted by Gasteiger charge is 2.47. The quantitative estimate of drug-likeness (QED) is 0.859. The van der Waals surface area contributed by atoms with Crippen LogP contribution in [0.15, 0.2) is 12.1 Å². The Hall–Kier alpha value is -1.09. The Kier molecular flexibility index (Phi) is 4.21. The van der Waals surface area contributed by atoms with Gasteiger partial charge in [-0.3, -0.25) is 0 Å². The van der Waals surface area contributed by atoms with Gasteiger partial charge in [0.25, 0.3) is 0 Å². The average molecular weight is 310 g/mol. The molecule has 0 aromatic heterocycles. The van der Waals surface area contributed by atoms with Crippen LogP contribution in [-0.4, -0.2) is 20.3 Å². The second kappa shape index (κ2) is 5.96. The third-order valence-corrected chi connectivity index (χ3v) is 5.62. The fraction of sp³-hybridized carbons (Fsp3) is 0.647. The van der Waals surface area contributed by atoms with Crippen LogP contribution in [0.4, 0.5) is 5.69 Å². The van der Waals surface area contributed by atoms with Crippen LogP contribution in [-0.2, 0) is 0 Å². The van der Waals surface area contributed by atoms with E-state index in [2.05, 4.69) is 5.32 Å². The summed E-state index contributed by atoms with van der Waals surface area (Å²) >= 11 is 6.26. The zero-order valence-electron chi connectivity index (χ0n) is 12.9. The Morgan fingerprint density at radius 1 is 1.05 bits per heavy atom. The first-order chi connectivity index (χ1) is 10.2. The van der Waals surface area contributed by atoms with Crippen LogP contribution < -0.4 is 14.8 Å². The second-order valence-electron chi connectivity index (χ2n) is 6.35. The van der Waals surface area contributed by atoms with E-state index in [-0.39, 0.29) is 0 Å². The number of benzene rings is 1. The number of rotatable bonds is 4. The highest BCUT2D eigenvalue weighted by Crippen LogP contribution is 2.53. The third kappa shape index (κ3) is 2.68. The largest absolute Gasteiger partial charge is 0.495 e. The first kappa shape index (κ1) is 14.8.